The number of hydrogen-bond acceptors (Lipinski definition) is 4. The van der Waals surface area contributed by atoms with Gasteiger partial charge < -0.3 is 5.11 Å². The molecule has 1 rings (SSSR count). The highest BCUT2D eigenvalue weighted by atomic mass is 16.3. The molecular weight excluding hydrogens is 226 g/mol. The Labute approximate surface area is 109 Å². The van der Waals surface area contributed by atoms with E-state index in [0.29, 0.717) is 24.8 Å². The minimum Gasteiger partial charge on any atom is -0.395 e. The molecule has 4 nitrogen and oxygen atoms in total. The van der Waals surface area contributed by atoms with Gasteiger partial charge in [0.1, 0.15) is 11.8 Å². The summed E-state index contributed by atoms with van der Waals surface area (Å²) >= 11 is 0. The molecule has 0 amide bonds. The molecule has 1 N–H and O–H groups in total. The van der Waals surface area contributed by atoms with Crippen LogP contribution >= 0.6 is 0 Å². The lowest BCUT2D eigenvalue weighted by molar-refractivity contribution is 0.136. The van der Waals surface area contributed by atoms with Gasteiger partial charge in [-0.25, -0.2) is 4.98 Å². The van der Waals surface area contributed by atoms with Gasteiger partial charge in [0.15, 0.2) is 0 Å². The number of pyridine rings is 1. The summed E-state index contributed by atoms with van der Waals surface area (Å²) in [4.78, 5) is 6.29. The van der Waals surface area contributed by atoms with E-state index in [1.807, 2.05) is 12.1 Å². The van der Waals surface area contributed by atoms with E-state index in [2.05, 4.69) is 29.8 Å². The van der Waals surface area contributed by atoms with Crippen LogP contribution in [0.4, 0.5) is 0 Å². The van der Waals surface area contributed by atoms with Crippen LogP contribution in [0, 0.1) is 11.3 Å². The molecule has 0 fully saturated rings. The van der Waals surface area contributed by atoms with E-state index in [1.54, 1.807) is 6.20 Å². The van der Waals surface area contributed by atoms with Gasteiger partial charge in [-0.1, -0.05) is 19.9 Å². The molecule has 0 atom stereocenters. The molecule has 0 unspecified atom stereocenters. The van der Waals surface area contributed by atoms with Crippen LogP contribution in [0.25, 0.3) is 0 Å². The van der Waals surface area contributed by atoms with E-state index < -0.39 is 0 Å². The summed E-state index contributed by atoms with van der Waals surface area (Å²) in [7, 11) is 0. The summed E-state index contributed by atoms with van der Waals surface area (Å²) in [6, 6.07) is 6.33. The zero-order valence-electron chi connectivity index (χ0n) is 11.1. The number of rotatable bonds is 7. The lowest BCUT2D eigenvalue weighted by Gasteiger charge is -2.29. The second-order valence-corrected chi connectivity index (χ2v) is 4.29. The van der Waals surface area contributed by atoms with Crippen molar-refractivity contribution in [3.05, 3.63) is 29.6 Å². The Balaban J connectivity index is 2.86. The van der Waals surface area contributed by atoms with Crippen molar-refractivity contribution < 1.29 is 5.11 Å². The Morgan fingerprint density at radius 3 is 2.72 bits per heavy atom. The summed E-state index contributed by atoms with van der Waals surface area (Å²) in [6.45, 7) is 5.73. The highest BCUT2D eigenvalue weighted by Crippen LogP contribution is 2.14. The number of nitrogens with zero attached hydrogens (tertiary/aromatic N) is 3. The first-order valence-electron chi connectivity index (χ1n) is 6.45. The number of nitriles is 1. The van der Waals surface area contributed by atoms with Crippen LogP contribution in [0.5, 0.6) is 0 Å². The third kappa shape index (κ3) is 3.80. The minimum atomic E-state index is 0.138. The molecule has 98 valence electrons. The maximum absolute atomic E-state index is 9.16. The molecule has 0 saturated carbocycles. The Kier molecular flexibility index (Phi) is 6.34. The third-order valence-electron chi connectivity index (χ3n) is 3.22. The molecule has 0 bridgehead atoms. The second-order valence-electron chi connectivity index (χ2n) is 4.29. The molecule has 0 radical (unpaired) electrons. The van der Waals surface area contributed by atoms with E-state index >= 15 is 0 Å². The summed E-state index contributed by atoms with van der Waals surface area (Å²) in [5.74, 6) is 0. The zero-order valence-corrected chi connectivity index (χ0v) is 11.1. The van der Waals surface area contributed by atoms with E-state index in [9.17, 15) is 0 Å². The average molecular weight is 247 g/mol. The predicted molar refractivity (Wildman–Crippen MR) is 70.8 cm³/mol. The van der Waals surface area contributed by atoms with E-state index in [0.717, 1.165) is 18.4 Å². The van der Waals surface area contributed by atoms with Gasteiger partial charge in [-0.2, -0.15) is 5.26 Å². The van der Waals surface area contributed by atoms with Crippen molar-refractivity contribution in [2.75, 3.05) is 13.2 Å². The van der Waals surface area contributed by atoms with Crippen LogP contribution in [0.15, 0.2) is 18.3 Å². The first-order valence-corrected chi connectivity index (χ1v) is 6.45. The highest BCUT2D eigenvalue weighted by molar-refractivity contribution is 5.30. The standard InChI is InChI=1S/C14H21N3O/c1-3-13(4-2)17(8-9-18)11-12-6-5-7-16-14(12)10-15/h5-7,13,18H,3-4,8-9,11H2,1-2H3. The third-order valence-corrected chi connectivity index (χ3v) is 3.22. The van der Waals surface area contributed by atoms with Gasteiger partial charge >= 0.3 is 0 Å². The minimum absolute atomic E-state index is 0.138. The lowest BCUT2D eigenvalue weighted by atomic mass is 10.1. The molecule has 0 aliphatic carbocycles. The van der Waals surface area contributed by atoms with Gasteiger partial charge in [0.2, 0.25) is 0 Å². The largest absolute Gasteiger partial charge is 0.395 e. The first-order chi connectivity index (χ1) is 8.76. The maximum Gasteiger partial charge on any atom is 0.144 e. The highest BCUT2D eigenvalue weighted by Gasteiger charge is 2.16. The van der Waals surface area contributed by atoms with Crippen LogP contribution in [0.3, 0.4) is 0 Å². The van der Waals surface area contributed by atoms with Gasteiger partial charge in [0.25, 0.3) is 0 Å². The van der Waals surface area contributed by atoms with Crippen LogP contribution < -0.4 is 0 Å². The van der Waals surface area contributed by atoms with Gasteiger partial charge in [0.05, 0.1) is 6.61 Å². The zero-order chi connectivity index (χ0) is 13.4. The fraction of sp³-hybridized carbons (Fsp3) is 0.571. The van der Waals surface area contributed by atoms with Gasteiger partial charge in [-0.15, -0.1) is 0 Å². The fourth-order valence-electron chi connectivity index (χ4n) is 2.21. The Morgan fingerprint density at radius 2 is 2.17 bits per heavy atom. The van der Waals surface area contributed by atoms with Crippen molar-refractivity contribution in [2.24, 2.45) is 0 Å². The molecule has 18 heavy (non-hydrogen) atoms. The molecule has 0 aliphatic heterocycles. The van der Waals surface area contributed by atoms with E-state index in [-0.39, 0.29) is 6.61 Å². The quantitative estimate of drug-likeness (QED) is 0.800. The smallest absolute Gasteiger partial charge is 0.144 e. The SMILES string of the molecule is CCC(CC)N(CCO)Cc1cccnc1C#N. The maximum atomic E-state index is 9.16. The van der Waals surface area contributed by atoms with Crippen LogP contribution in [-0.4, -0.2) is 34.2 Å². The van der Waals surface area contributed by atoms with Crippen molar-refractivity contribution in [1.29, 1.82) is 5.26 Å². The van der Waals surface area contributed by atoms with Crippen molar-refractivity contribution >= 4 is 0 Å². The molecule has 0 spiro atoms. The van der Waals surface area contributed by atoms with Crippen LogP contribution in [-0.2, 0) is 6.54 Å². The number of aliphatic hydroxyl groups is 1. The Bertz CT molecular complexity index is 396. The fourth-order valence-corrected chi connectivity index (χ4v) is 2.21. The van der Waals surface area contributed by atoms with Crippen molar-refractivity contribution in [3.63, 3.8) is 0 Å². The summed E-state index contributed by atoms with van der Waals surface area (Å²) in [6.07, 6.45) is 3.72. The predicted octanol–water partition coefficient (Wildman–Crippen LogP) is 1.94. The Hall–Kier alpha value is -1.44. The average Bonchev–Trinajstić information content (AvgIpc) is 2.41. The molecule has 0 aliphatic rings. The molecule has 0 aromatic carbocycles. The van der Waals surface area contributed by atoms with E-state index in [1.165, 1.54) is 0 Å². The number of aliphatic hydroxyl groups excluding tert-OH is 1. The first kappa shape index (κ1) is 14.6. The van der Waals surface area contributed by atoms with Crippen LogP contribution in [0.1, 0.15) is 37.9 Å². The van der Waals surface area contributed by atoms with Crippen molar-refractivity contribution in [3.8, 4) is 6.07 Å². The normalized spacial score (nSPS) is 10.9. The summed E-state index contributed by atoms with van der Waals surface area (Å²) in [5, 5.41) is 18.2. The van der Waals surface area contributed by atoms with Gasteiger partial charge in [0, 0.05) is 30.9 Å². The Morgan fingerprint density at radius 1 is 1.44 bits per heavy atom. The molecule has 4 heteroatoms. The molecule has 0 saturated heterocycles. The van der Waals surface area contributed by atoms with E-state index in [4.69, 9.17) is 10.4 Å². The number of hydrogen-bond donors (Lipinski definition) is 1. The second kappa shape index (κ2) is 7.80. The molecule has 1 aromatic rings. The summed E-state index contributed by atoms with van der Waals surface area (Å²) < 4.78 is 0. The van der Waals surface area contributed by atoms with Gasteiger partial charge in [-0.05, 0) is 18.9 Å². The van der Waals surface area contributed by atoms with Crippen LogP contribution in [0.2, 0.25) is 0 Å². The lowest BCUT2D eigenvalue weighted by Crippen LogP contribution is -2.36. The van der Waals surface area contributed by atoms with Gasteiger partial charge in [-0.3, -0.25) is 4.90 Å². The van der Waals surface area contributed by atoms with Crippen molar-refractivity contribution in [2.45, 2.75) is 39.3 Å². The molecular formula is C14H21N3O. The molecule has 1 heterocycles. The summed E-state index contributed by atoms with van der Waals surface area (Å²) in [5.41, 5.74) is 1.41. The topological polar surface area (TPSA) is 60.1 Å². The number of aromatic nitrogens is 1. The monoisotopic (exact) mass is 247 g/mol. The molecule has 1 aromatic heterocycles. The van der Waals surface area contributed by atoms with Crippen molar-refractivity contribution in [1.82, 2.24) is 9.88 Å².